The molecule has 0 N–H and O–H groups in total. The van der Waals surface area contributed by atoms with Crippen molar-refractivity contribution in [3.05, 3.63) is 59.7 Å². The molecule has 1 amide bonds. The zero-order valence-corrected chi connectivity index (χ0v) is 17.2. The molecule has 0 saturated carbocycles. The number of benzene rings is 2. The minimum absolute atomic E-state index is 0.00100. The van der Waals surface area contributed by atoms with Gasteiger partial charge in [0, 0.05) is 44.7 Å². The van der Waals surface area contributed by atoms with E-state index in [4.69, 9.17) is 10.00 Å². The van der Waals surface area contributed by atoms with Gasteiger partial charge >= 0.3 is 6.61 Å². The topological polar surface area (TPSA) is 65.8 Å². The lowest BCUT2D eigenvalue weighted by atomic mass is 10.2. The van der Waals surface area contributed by atoms with Gasteiger partial charge in [-0.2, -0.15) is 14.0 Å². The van der Waals surface area contributed by atoms with E-state index in [0.29, 0.717) is 49.5 Å². The number of rotatable bonds is 9. The van der Waals surface area contributed by atoms with Crippen LogP contribution in [0.1, 0.15) is 24.0 Å². The molecule has 164 valence electrons. The van der Waals surface area contributed by atoms with Gasteiger partial charge < -0.3 is 19.3 Å². The van der Waals surface area contributed by atoms with Crippen LogP contribution >= 0.6 is 0 Å². The highest BCUT2D eigenvalue weighted by Crippen LogP contribution is 2.23. The van der Waals surface area contributed by atoms with Gasteiger partial charge in [-0.05, 0) is 30.7 Å². The molecule has 1 heterocycles. The predicted molar refractivity (Wildman–Crippen MR) is 111 cm³/mol. The van der Waals surface area contributed by atoms with Crippen molar-refractivity contribution in [1.29, 1.82) is 5.26 Å². The van der Waals surface area contributed by atoms with E-state index in [0.717, 1.165) is 13.0 Å². The van der Waals surface area contributed by atoms with Gasteiger partial charge in [0.15, 0.2) is 0 Å². The molecule has 0 spiro atoms. The van der Waals surface area contributed by atoms with Crippen molar-refractivity contribution in [2.75, 3.05) is 32.8 Å². The molecule has 31 heavy (non-hydrogen) atoms. The Kier molecular flexibility index (Phi) is 8.19. The van der Waals surface area contributed by atoms with Crippen LogP contribution in [0.2, 0.25) is 0 Å². The third kappa shape index (κ3) is 6.93. The largest absolute Gasteiger partial charge is 0.494 e. The number of alkyl halides is 2. The van der Waals surface area contributed by atoms with E-state index in [1.807, 2.05) is 6.07 Å². The second-order valence-electron chi connectivity index (χ2n) is 7.23. The van der Waals surface area contributed by atoms with Crippen LogP contribution in [0, 0.1) is 11.3 Å². The summed E-state index contributed by atoms with van der Waals surface area (Å²) in [5.41, 5.74) is 1.13. The molecule has 1 fully saturated rings. The smallest absolute Gasteiger partial charge is 0.387 e. The fourth-order valence-corrected chi connectivity index (χ4v) is 3.49. The fraction of sp³-hybridized carbons (Fsp3) is 0.391. The highest BCUT2D eigenvalue weighted by molar-refractivity contribution is 5.76. The maximum atomic E-state index is 12.6. The number of halogens is 2. The van der Waals surface area contributed by atoms with Crippen molar-refractivity contribution in [2.45, 2.75) is 26.0 Å². The first-order valence-corrected chi connectivity index (χ1v) is 10.2. The molecule has 0 aromatic heterocycles. The van der Waals surface area contributed by atoms with Gasteiger partial charge in [-0.15, -0.1) is 0 Å². The number of hydrogen-bond acceptors (Lipinski definition) is 5. The third-order valence-corrected chi connectivity index (χ3v) is 5.08. The third-order valence-electron chi connectivity index (χ3n) is 5.08. The summed E-state index contributed by atoms with van der Waals surface area (Å²) < 4.78 is 35.5. The van der Waals surface area contributed by atoms with Crippen molar-refractivity contribution in [2.24, 2.45) is 0 Å². The molecule has 0 unspecified atom stereocenters. The molecule has 0 aliphatic carbocycles. The number of hydrogen-bond donors (Lipinski definition) is 0. The predicted octanol–water partition coefficient (Wildman–Crippen LogP) is 3.66. The number of nitrogens with zero attached hydrogens (tertiary/aromatic N) is 3. The first-order valence-electron chi connectivity index (χ1n) is 10.2. The van der Waals surface area contributed by atoms with Crippen molar-refractivity contribution < 1.29 is 23.0 Å². The number of amides is 1. The number of carbonyl (C=O) groups excluding carboxylic acids is 1. The minimum Gasteiger partial charge on any atom is -0.494 e. The van der Waals surface area contributed by atoms with Crippen LogP contribution in [0.25, 0.3) is 0 Å². The molecule has 2 aromatic rings. The number of nitriles is 1. The molecular formula is C23H25F2N3O3. The number of para-hydroxylation sites is 1. The second kappa shape index (κ2) is 11.3. The molecule has 0 atom stereocenters. The van der Waals surface area contributed by atoms with Crippen LogP contribution in [-0.4, -0.2) is 55.1 Å². The van der Waals surface area contributed by atoms with Gasteiger partial charge in [-0.25, -0.2) is 0 Å². The molecule has 0 bridgehead atoms. The van der Waals surface area contributed by atoms with E-state index in [2.05, 4.69) is 15.7 Å². The summed E-state index contributed by atoms with van der Waals surface area (Å²) in [6.07, 6.45) is 1.17. The van der Waals surface area contributed by atoms with E-state index in [-0.39, 0.29) is 18.2 Å². The van der Waals surface area contributed by atoms with Crippen LogP contribution in [0.3, 0.4) is 0 Å². The van der Waals surface area contributed by atoms with E-state index in [1.54, 1.807) is 41.3 Å². The maximum absolute atomic E-state index is 12.6. The summed E-state index contributed by atoms with van der Waals surface area (Å²) in [5, 5.41) is 8.94. The zero-order valence-electron chi connectivity index (χ0n) is 17.2. The van der Waals surface area contributed by atoms with Gasteiger partial charge in [0.1, 0.15) is 11.5 Å². The molecule has 3 rings (SSSR count). The minimum atomic E-state index is -2.90. The monoisotopic (exact) mass is 429 g/mol. The Morgan fingerprint density at radius 3 is 2.74 bits per heavy atom. The Morgan fingerprint density at radius 2 is 1.94 bits per heavy atom. The normalized spacial score (nSPS) is 14.9. The average molecular weight is 429 g/mol. The Labute approximate surface area is 180 Å². The lowest BCUT2D eigenvalue weighted by molar-refractivity contribution is -0.131. The first-order chi connectivity index (χ1) is 15.0. The Bertz CT molecular complexity index is 917. The lowest BCUT2D eigenvalue weighted by Crippen LogP contribution is -2.33. The fourth-order valence-electron chi connectivity index (χ4n) is 3.49. The van der Waals surface area contributed by atoms with Gasteiger partial charge in [-0.3, -0.25) is 4.79 Å². The molecule has 6 nitrogen and oxygen atoms in total. The SMILES string of the molecule is N#Cc1cccc(OCCCN2CCC(=O)N(Cc3ccccc3OC(F)F)CC2)c1. The van der Waals surface area contributed by atoms with Crippen molar-refractivity contribution in [1.82, 2.24) is 9.80 Å². The zero-order chi connectivity index (χ0) is 22.1. The molecular weight excluding hydrogens is 404 g/mol. The summed E-state index contributed by atoms with van der Waals surface area (Å²) in [6.45, 7) is 0.509. The van der Waals surface area contributed by atoms with Crippen LogP contribution in [0.4, 0.5) is 8.78 Å². The highest BCUT2D eigenvalue weighted by atomic mass is 19.3. The van der Waals surface area contributed by atoms with Crippen LogP contribution in [0.15, 0.2) is 48.5 Å². The van der Waals surface area contributed by atoms with Crippen LogP contribution in [0.5, 0.6) is 11.5 Å². The maximum Gasteiger partial charge on any atom is 0.387 e. The molecule has 0 radical (unpaired) electrons. The van der Waals surface area contributed by atoms with E-state index in [1.165, 1.54) is 6.07 Å². The summed E-state index contributed by atoms with van der Waals surface area (Å²) in [7, 11) is 0. The van der Waals surface area contributed by atoms with Gasteiger partial charge in [0.25, 0.3) is 0 Å². The number of carbonyl (C=O) groups is 1. The van der Waals surface area contributed by atoms with Crippen LogP contribution in [-0.2, 0) is 11.3 Å². The van der Waals surface area contributed by atoms with Crippen molar-refractivity contribution >= 4 is 5.91 Å². The standard InChI is InChI=1S/C23H25F2N3O3/c24-23(25)31-21-8-2-1-6-19(21)17-28-13-12-27(11-9-22(28)29)10-4-14-30-20-7-3-5-18(15-20)16-26/h1-3,5-8,15,23H,4,9-14,17H2. The Balaban J connectivity index is 1.47. The van der Waals surface area contributed by atoms with E-state index >= 15 is 0 Å². The average Bonchev–Trinajstić information content (AvgIpc) is 2.94. The van der Waals surface area contributed by atoms with Crippen LogP contribution < -0.4 is 9.47 Å². The molecule has 8 heteroatoms. The first kappa shape index (κ1) is 22.5. The molecule has 1 saturated heterocycles. The van der Waals surface area contributed by atoms with E-state index in [9.17, 15) is 13.6 Å². The van der Waals surface area contributed by atoms with Gasteiger partial charge in [0.2, 0.25) is 5.91 Å². The van der Waals surface area contributed by atoms with Crippen molar-refractivity contribution in [3.63, 3.8) is 0 Å². The molecule has 1 aliphatic heterocycles. The Hall–Kier alpha value is -3.18. The summed E-state index contributed by atoms with van der Waals surface area (Å²) in [4.78, 5) is 16.4. The summed E-state index contributed by atoms with van der Waals surface area (Å²) in [6, 6.07) is 15.7. The number of ether oxygens (including phenoxy) is 2. The lowest BCUT2D eigenvalue weighted by Gasteiger charge is -2.23. The van der Waals surface area contributed by atoms with Gasteiger partial charge in [-0.1, -0.05) is 24.3 Å². The second-order valence-corrected chi connectivity index (χ2v) is 7.23. The molecule has 1 aliphatic rings. The van der Waals surface area contributed by atoms with Gasteiger partial charge in [0.05, 0.1) is 18.2 Å². The highest BCUT2D eigenvalue weighted by Gasteiger charge is 2.22. The summed E-state index contributed by atoms with van der Waals surface area (Å²) in [5.74, 6) is 0.767. The molecule has 2 aromatic carbocycles. The quantitative estimate of drug-likeness (QED) is 0.569. The summed E-state index contributed by atoms with van der Waals surface area (Å²) >= 11 is 0. The Morgan fingerprint density at radius 1 is 1.10 bits per heavy atom. The van der Waals surface area contributed by atoms with Crippen molar-refractivity contribution in [3.8, 4) is 17.6 Å². The van der Waals surface area contributed by atoms with E-state index < -0.39 is 6.61 Å².